The number of rotatable bonds is 6. The van der Waals surface area contributed by atoms with Gasteiger partial charge in [0.1, 0.15) is 11.4 Å². The van der Waals surface area contributed by atoms with Crippen LogP contribution in [0.1, 0.15) is 6.92 Å². The van der Waals surface area contributed by atoms with Crippen LogP contribution >= 0.6 is 0 Å². The van der Waals surface area contributed by atoms with Crippen LogP contribution in [0.3, 0.4) is 0 Å². The average molecular weight is 441 g/mol. The van der Waals surface area contributed by atoms with E-state index < -0.39 is 16.0 Å². The van der Waals surface area contributed by atoms with Crippen molar-refractivity contribution >= 4 is 43.5 Å². The average Bonchev–Trinajstić information content (AvgIpc) is 3.18. The van der Waals surface area contributed by atoms with Crippen molar-refractivity contribution in [2.45, 2.75) is 11.8 Å². The second-order valence-electron chi connectivity index (χ2n) is 6.65. The molecule has 0 aliphatic carbocycles. The molecule has 0 aliphatic heterocycles. The van der Waals surface area contributed by atoms with Crippen molar-refractivity contribution in [1.29, 1.82) is 0 Å². The van der Waals surface area contributed by atoms with Crippen molar-refractivity contribution in [1.82, 2.24) is 9.97 Å². The standard InChI is InChI=1S/C21H19N3O6S/c1-2-29-21(26)30-17-11-22-19-18(17)15-10-13(8-9-16(15)24-20(19)25)23-12-31(27,28)14-6-4-3-5-7-14/h3-11,22-23H,2,12H2,1H3,(H,24,25). The summed E-state index contributed by atoms with van der Waals surface area (Å²) in [7, 11) is -3.54. The first-order valence-electron chi connectivity index (χ1n) is 9.42. The van der Waals surface area contributed by atoms with Gasteiger partial charge in [0.05, 0.1) is 16.9 Å². The van der Waals surface area contributed by atoms with Crippen molar-refractivity contribution in [3.63, 3.8) is 0 Å². The smallest absolute Gasteiger partial charge is 0.434 e. The maximum Gasteiger partial charge on any atom is 0.513 e. The lowest BCUT2D eigenvalue weighted by molar-refractivity contribution is 0.105. The van der Waals surface area contributed by atoms with Crippen LogP contribution in [0.25, 0.3) is 21.8 Å². The van der Waals surface area contributed by atoms with Crippen molar-refractivity contribution in [2.24, 2.45) is 0 Å². The van der Waals surface area contributed by atoms with Gasteiger partial charge in [0, 0.05) is 22.8 Å². The number of aromatic nitrogens is 2. The molecule has 0 saturated carbocycles. The van der Waals surface area contributed by atoms with Crippen LogP contribution in [-0.4, -0.2) is 37.0 Å². The van der Waals surface area contributed by atoms with E-state index in [1.165, 1.54) is 18.3 Å². The van der Waals surface area contributed by atoms with Crippen LogP contribution in [0, 0.1) is 0 Å². The summed E-state index contributed by atoms with van der Waals surface area (Å²) in [6.45, 7) is 1.80. The zero-order chi connectivity index (χ0) is 22.0. The molecule has 2 aromatic carbocycles. The minimum atomic E-state index is -3.54. The quantitative estimate of drug-likeness (QED) is 0.391. The molecule has 0 atom stereocenters. The molecule has 4 aromatic rings. The van der Waals surface area contributed by atoms with E-state index in [0.29, 0.717) is 22.0 Å². The Hall–Kier alpha value is -3.79. The Morgan fingerprint density at radius 1 is 1.13 bits per heavy atom. The van der Waals surface area contributed by atoms with Gasteiger partial charge in [-0.25, -0.2) is 13.2 Å². The summed E-state index contributed by atoms with van der Waals surface area (Å²) >= 11 is 0. The number of fused-ring (bicyclic) bond motifs is 3. The van der Waals surface area contributed by atoms with E-state index >= 15 is 0 Å². The SMILES string of the molecule is CCOC(=O)Oc1c[nH]c2c(=O)[nH]c3ccc(NCS(=O)(=O)c4ccccc4)cc3c12. The van der Waals surface area contributed by atoms with E-state index in [-0.39, 0.29) is 34.2 Å². The number of benzene rings is 2. The summed E-state index contributed by atoms with van der Waals surface area (Å²) in [6.07, 6.45) is 0.510. The second kappa shape index (κ2) is 8.15. The molecule has 2 heterocycles. The Labute approximate surface area is 176 Å². The summed E-state index contributed by atoms with van der Waals surface area (Å²) < 4.78 is 35.1. The minimum Gasteiger partial charge on any atom is -0.434 e. The normalized spacial score (nSPS) is 11.5. The highest BCUT2D eigenvalue weighted by molar-refractivity contribution is 7.91. The van der Waals surface area contributed by atoms with E-state index in [1.807, 2.05) is 0 Å². The fourth-order valence-electron chi connectivity index (χ4n) is 3.21. The number of ether oxygens (including phenoxy) is 2. The lowest BCUT2D eigenvalue weighted by atomic mass is 10.1. The van der Waals surface area contributed by atoms with Gasteiger partial charge in [-0.3, -0.25) is 4.79 Å². The van der Waals surface area contributed by atoms with Gasteiger partial charge in [0.15, 0.2) is 15.6 Å². The lowest BCUT2D eigenvalue weighted by Crippen LogP contribution is -2.15. The molecule has 0 unspecified atom stereocenters. The molecule has 31 heavy (non-hydrogen) atoms. The van der Waals surface area contributed by atoms with Gasteiger partial charge in [-0.05, 0) is 37.3 Å². The maximum absolute atomic E-state index is 12.5. The number of aromatic amines is 2. The molecule has 10 heteroatoms. The molecule has 4 rings (SSSR count). The minimum absolute atomic E-state index is 0.138. The van der Waals surface area contributed by atoms with E-state index in [0.717, 1.165) is 0 Å². The Balaban J connectivity index is 1.71. The molecule has 0 bridgehead atoms. The van der Waals surface area contributed by atoms with Crippen molar-refractivity contribution < 1.29 is 22.7 Å². The number of nitrogens with one attached hydrogen (secondary N) is 3. The molecule has 0 fully saturated rings. The Morgan fingerprint density at radius 2 is 1.90 bits per heavy atom. The summed E-state index contributed by atoms with van der Waals surface area (Å²) in [5.41, 5.74) is 0.861. The Morgan fingerprint density at radius 3 is 2.65 bits per heavy atom. The molecule has 9 nitrogen and oxygen atoms in total. The van der Waals surface area contributed by atoms with Crippen LogP contribution < -0.4 is 15.6 Å². The van der Waals surface area contributed by atoms with Crippen molar-refractivity contribution in [3.8, 4) is 5.75 Å². The number of hydrogen-bond donors (Lipinski definition) is 3. The predicted octanol–water partition coefficient (Wildman–Crippen LogP) is 3.39. The predicted molar refractivity (Wildman–Crippen MR) is 116 cm³/mol. The molecule has 160 valence electrons. The van der Waals surface area contributed by atoms with Gasteiger partial charge in [-0.2, -0.15) is 0 Å². The highest BCUT2D eigenvalue weighted by atomic mass is 32.2. The van der Waals surface area contributed by atoms with Gasteiger partial charge in [-0.1, -0.05) is 18.2 Å². The number of carbonyl (C=O) groups excluding carboxylic acids is 1. The van der Waals surface area contributed by atoms with Crippen molar-refractivity contribution in [2.75, 3.05) is 17.8 Å². The van der Waals surface area contributed by atoms with E-state index in [4.69, 9.17) is 9.47 Å². The van der Waals surface area contributed by atoms with Crippen LogP contribution in [0.2, 0.25) is 0 Å². The van der Waals surface area contributed by atoms with Gasteiger partial charge in [0.2, 0.25) is 0 Å². The third-order valence-corrected chi connectivity index (χ3v) is 6.15. The highest BCUT2D eigenvalue weighted by Crippen LogP contribution is 2.32. The number of pyridine rings is 1. The summed E-state index contributed by atoms with van der Waals surface area (Å²) in [5.74, 6) is -0.174. The first-order valence-corrected chi connectivity index (χ1v) is 11.1. The van der Waals surface area contributed by atoms with Gasteiger partial charge < -0.3 is 24.8 Å². The first-order chi connectivity index (χ1) is 14.9. The fourth-order valence-corrected chi connectivity index (χ4v) is 4.31. The molecular weight excluding hydrogens is 422 g/mol. The number of anilines is 1. The zero-order valence-corrected chi connectivity index (χ0v) is 17.3. The molecule has 0 aliphatic rings. The summed E-state index contributed by atoms with van der Waals surface area (Å²) in [6, 6.07) is 13.1. The molecule has 3 N–H and O–H groups in total. The molecule has 0 radical (unpaired) electrons. The highest BCUT2D eigenvalue weighted by Gasteiger charge is 2.17. The number of sulfone groups is 1. The Bertz CT molecular complexity index is 1420. The van der Waals surface area contributed by atoms with Gasteiger partial charge in [0.25, 0.3) is 5.56 Å². The van der Waals surface area contributed by atoms with Crippen LogP contribution in [-0.2, 0) is 14.6 Å². The fraction of sp³-hybridized carbons (Fsp3) is 0.143. The number of H-pyrrole nitrogens is 2. The van der Waals surface area contributed by atoms with E-state index in [2.05, 4.69) is 15.3 Å². The maximum atomic E-state index is 12.5. The van der Waals surface area contributed by atoms with Gasteiger partial charge >= 0.3 is 6.16 Å². The molecule has 2 aromatic heterocycles. The lowest BCUT2D eigenvalue weighted by Gasteiger charge is -2.10. The van der Waals surface area contributed by atoms with Crippen molar-refractivity contribution in [3.05, 3.63) is 65.1 Å². The third kappa shape index (κ3) is 4.10. The van der Waals surface area contributed by atoms with Crippen LogP contribution in [0.15, 0.2) is 64.4 Å². The van der Waals surface area contributed by atoms with Gasteiger partial charge in [-0.15, -0.1) is 0 Å². The summed E-state index contributed by atoms with van der Waals surface area (Å²) in [5, 5.41) is 3.86. The zero-order valence-electron chi connectivity index (χ0n) is 16.5. The molecule has 0 amide bonds. The van der Waals surface area contributed by atoms with Crippen LogP contribution in [0.4, 0.5) is 10.5 Å². The monoisotopic (exact) mass is 441 g/mol. The first kappa shape index (κ1) is 20.5. The number of carbonyl (C=O) groups is 1. The van der Waals surface area contributed by atoms with E-state index in [9.17, 15) is 18.0 Å². The summed E-state index contributed by atoms with van der Waals surface area (Å²) in [4.78, 5) is 29.9. The largest absolute Gasteiger partial charge is 0.513 e. The van der Waals surface area contributed by atoms with E-state index in [1.54, 1.807) is 43.3 Å². The Kier molecular flexibility index (Phi) is 5.38. The molecule has 0 saturated heterocycles. The number of hydrogen-bond acceptors (Lipinski definition) is 7. The van der Waals surface area contributed by atoms with Crippen LogP contribution in [0.5, 0.6) is 5.75 Å². The topological polar surface area (TPSA) is 130 Å². The molecule has 0 spiro atoms. The molecular formula is C21H19N3O6S. The third-order valence-electron chi connectivity index (χ3n) is 4.63. The second-order valence-corrected chi connectivity index (χ2v) is 8.64.